The van der Waals surface area contributed by atoms with Crippen LogP contribution in [0, 0.1) is 0 Å². The molecule has 20 heavy (non-hydrogen) atoms. The number of ether oxygens (including phenoxy) is 1. The minimum Gasteiger partial charge on any atom is -0.465 e. The van der Waals surface area contributed by atoms with Crippen LogP contribution in [-0.2, 0) is 15.7 Å². The van der Waals surface area contributed by atoms with Crippen LogP contribution in [0.3, 0.4) is 0 Å². The Bertz CT molecular complexity index is 472. The highest BCUT2D eigenvalue weighted by atomic mass is 19.4. The van der Waals surface area contributed by atoms with E-state index in [1.165, 1.54) is 18.2 Å². The van der Waals surface area contributed by atoms with Gasteiger partial charge in [0.05, 0.1) is 12.2 Å². The predicted octanol–water partition coefficient (Wildman–Crippen LogP) is 3.09. The number of hydrogen-bond acceptors (Lipinski definition) is 3. The number of benzene rings is 1. The number of esters is 1. The van der Waals surface area contributed by atoms with Crippen LogP contribution >= 0.6 is 0 Å². The van der Waals surface area contributed by atoms with Crippen molar-refractivity contribution in [2.45, 2.75) is 19.1 Å². The fourth-order valence-corrected chi connectivity index (χ4v) is 1.66. The molecule has 1 unspecified atom stereocenters. The number of hydrogen-bond donors (Lipinski definition) is 1. The molecule has 0 aliphatic carbocycles. The first-order chi connectivity index (χ1) is 9.40. The third kappa shape index (κ3) is 4.38. The first kappa shape index (κ1) is 16.2. The Kier molecular flexibility index (Phi) is 5.76. The lowest BCUT2D eigenvalue weighted by molar-refractivity contribution is -0.146. The van der Waals surface area contributed by atoms with Crippen molar-refractivity contribution in [1.29, 1.82) is 0 Å². The Labute approximate surface area is 115 Å². The molecular weight excluding hydrogens is 271 g/mol. The summed E-state index contributed by atoms with van der Waals surface area (Å²) < 4.78 is 42.9. The summed E-state index contributed by atoms with van der Waals surface area (Å²) in [6, 6.07) is 3.67. The highest BCUT2D eigenvalue weighted by Gasteiger charge is 2.32. The molecule has 0 bridgehead atoms. The van der Waals surface area contributed by atoms with E-state index in [2.05, 4.69) is 11.9 Å². The van der Waals surface area contributed by atoms with Gasteiger partial charge in [0.2, 0.25) is 0 Å². The van der Waals surface area contributed by atoms with E-state index in [0.29, 0.717) is 0 Å². The second kappa shape index (κ2) is 7.09. The average Bonchev–Trinajstić information content (AvgIpc) is 2.39. The fraction of sp³-hybridized carbons (Fsp3) is 0.357. The molecule has 0 aliphatic heterocycles. The Hall–Kier alpha value is -1.82. The van der Waals surface area contributed by atoms with Gasteiger partial charge in [-0.2, -0.15) is 13.2 Å². The lowest BCUT2D eigenvalue weighted by atomic mass is 10.0. The van der Waals surface area contributed by atoms with Gasteiger partial charge in [0.15, 0.2) is 0 Å². The van der Waals surface area contributed by atoms with Crippen molar-refractivity contribution in [3.05, 3.63) is 48.0 Å². The van der Waals surface area contributed by atoms with E-state index in [9.17, 15) is 18.0 Å². The van der Waals surface area contributed by atoms with Gasteiger partial charge in [-0.1, -0.05) is 18.2 Å². The largest absolute Gasteiger partial charge is 0.465 e. The second-order valence-electron chi connectivity index (χ2n) is 4.01. The van der Waals surface area contributed by atoms with Crippen molar-refractivity contribution in [1.82, 2.24) is 5.32 Å². The normalized spacial score (nSPS) is 12.8. The predicted molar refractivity (Wildman–Crippen MR) is 69.0 cm³/mol. The van der Waals surface area contributed by atoms with Crippen LogP contribution < -0.4 is 5.32 Å². The molecule has 0 spiro atoms. The summed E-state index contributed by atoms with van der Waals surface area (Å²) in [5.74, 6) is -0.617. The molecule has 1 N–H and O–H groups in total. The fourth-order valence-electron chi connectivity index (χ4n) is 1.66. The van der Waals surface area contributed by atoms with Gasteiger partial charge in [0, 0.05) is 6.54 Å². The third-order valence-corrected chi connectivity index (χ3v) is 2.54. The smallest absolute Gasteiger partial charge is 0.416 e. The Morgan fingerprint density at radius 2 is 2.20 bits per heavy atom. The van der Waals surface area contributed by atoms with E-state index in [0.717, 1.165) is 12.1 Å². The number of rotatable bonds is 6. The molecule has 0 saturated carbocycles. The zero-order valence-electron chi connectivity index (χ0n) is 11.0. The lowest BCUT2D eigenvalue weighted by Gasteiger charge is -2.18. The van der Waals surface area contributed by atoms with Crippen molar-refractivity contribution in [2.75, 3.05) is 13.2 Å². The second-order valence-corrected chi connectivity index (χ2v) is 4.01. The first-order valence-electron chi connectivity index (χ1n) is 6.08. The molecule has 1 aromatic rings. The summed E-state index contributed by atoms with van der Waals surface area (Å²) >= 11 is 0. The van der Waals surface area contributed by atoms with Crippen LogP contribution in [0.1, 0.15) is 24.1 Å². The zero-order chi connectivity index (χ0) is 15.2. The van der Waals surface area contributed by atoms with E-state index < -0.39 is 23.8 Å². The Morgan fingerprint density at radius 1 is 1.50 bits per heavy atom. The molecule has 6 heteroatoms. The topological polar surface area (TPSA) is 38.3 Å². The van der Waals surface area contributed by atoms with Gasteiger partial charge in [0.1, 0.15) is 6.04 Å². The van der Waals surface area contributed by atoms with Gasteiger partial charge in [-0.25, -0.2) is 4.79 Å². The van der Waals surface area contributed by atoms with Crippen molar-refractivity contribution < 1.29 is 22.7 Å². The quantitative estimate of drug-likeness (QED) is 0.645. The number of carbonyl (C=O) groups is 1. The molecule has 0 aliphatic rings. The van der Waals surface area contributed by atoms with Crippen LogP contribution in [0.2, 0.25) is 0 Å². The summed E-state index contributed by atoms with van der Waals surface area (Å²) in [6.45, 7) is 5.56. The average molecular weight is 287 g/mol. The SMILES string of the molecule is C=CCNC(C(=O)OCC)c1cccc(C(F)(F)F)c1. The minimum absolute atomic E-state index is 0.157. The van der Waals surface area contributed by atoms with Crippen LogP contribution in [-0.4, -0.2) is 19.1 Å². The molecule has 1 rings (SSSR count). The molecule has 0 fully saturated rings. The number of halogens is 3. The van der Waals surface area contributed by atoms with Gasteiger partial charge in [-0.05, 0) is 24.6 Å². The van der Waals surface area contributed by atoms with Crippen molar-refractivity contribution in [3.8, 4) is 0 Å². The highest BCUT2D eigenvalue weighted by molar-refractivity contribution is 5.77. The Morgan fingerprint density at radius 3 is 2.75 bits per heavy atom. The summed E-state index contributed by atoms with van der Waals surface area (Å²) in [5, 5.41) is 2.79. The number of nitrogens with one attached hydrogen (secondary N) is 1. The molecule has 0 saturated heterocycles. The maximum Gasteiger partial charge on any atom is 0.416 e. The molecular formula is C14H16F3NO2. The molecule has 110 valence electrons. The molecule has 0 heterocycles. The van der Waals surface area contributed by atoms with Crippen molar-refractivity contribution >= 4 is 5.97 Å². The van der Waals surface area contributed by atoms with Gasteiger partial charge in [0.25, 0.3) is 0 Å². The van der Waals surface area contributed by atoms with Gasteiger partial charge >= 0.3 is 12.1 Å². The van der Waals surface area contributed by atoms with Crippen LogP contribution in [0.4, 0.5) is 13.2 Å². The first-order valence-corrected chi connectivity index (χ1v) is 6.08. The summed E-state index contributed by atoms with van der Waals surface area (Å²) in [5.41, 5.74) is -0.593. The molecule has 0 radical (unpaired) electrons. The van der Waals surface area contributed by atoms with Gasteiger partial charge in [-0.15, -0.1) is 6.58 Å². The summed E-state index contributed by atoms with van der Waals surface area (Å²) in [6.07, 6.45) is -2.94. The zero-order valence-corrected chi connectivity index (χ0v) is 11.0. The Balaban J connectivity index is 3.06. The number of alkyl halides is 3. The van der Waals surface area contributed by atoms with Gasteiger partial charge < -0.3 is 4.74 Å². The van der Waals surface area contributed by atoms with E-state index in [4.69, 9.17) is 4.74 Å². The van der Waals surface area contributed by atoms with Crippen molar-refractivity contribution in [2.24, 2.45) is 0 Å². The molecule has 0 amide bonds. The molecule has 1 atom stereocenters. The summed E-state index contributed by atoms with van der Waals surface area (Å²) in [4.78, 5) is 11.8. The van der Waals surface area contributed by atoms with Crippen molar-refractivity contribution in [3.63, 3.8) is 0 Å². The van der Waals surface area contributed by atoms with Crippen LogP contribution in [0.15, 0.2) is 36.9 Å². The maximum absolute atomic E-state index is 12.7. The monoisotopic (exact) mass is 287 g/mol. The number of carbonyl (C=O) groups excluding carboxylic acids is 1. The molecule has 1 aromatic carbocycles. The molecule has 3 nitrogen and oxygen atoms in total. The van der Waals surface area contributed by atoms with Crippen LogP contribution in [0.25, 0.3) is 0 Å². The molecule has 0 aromatic heterocycles. The standard InChI is InChI=1S/C14H16F3NO2/c1-3-8-18-12(13(19)20-4-2)10-6-5-7-11(9-10)14(15,16)17/h3,5-7,9,12,18H,1,4,8H2,2H3. The van der Waals surface area contributed by atoms with E-state index in [-0.39, 0.29) is 18.7 Å². The van der Waals surface area contributed by atoms with E-state index in [1.807, 2.05) is 0 Å². The highest BCUT2D eigenvalue weighted by Crippen LogP contribution is 2.31. The lowest BCUT2D eigenvalue weighted by Crippen LogP contribution is -2.30. The van der Waals surface area contributed by atoms with E-state index in [1.54, 1.807) is 6.92 Å². The van der Waals surface area contributed by atoms with Crippen LogP contribution in [0.5, 0.6) is 0 Å². The maximum atomic E-state index is 12.7. The van der Waals surface area contributed by atoms with Gasteiger partial charge in [-0.3, -0.25) is 5.32 Å². The van der Waals surface area contributed by atoms with E-state index >= 15 is 0 Å². The minimum atomic E-state index is -4.45. The summed E-state index contributed by atoms with van der Waals surface area (Å²) in [7, 11) is 0. The third-order valence-electron chi connectivity index (χ3n) is 2.54.